The number of esters is 1. The Labute approximate surface area is 167 Å². The van der Waals surface area contributed by atoms with Crippen molar-refractivity contribution < 1.29 is 23.5 Å². The molecule has 0 aliphatic carbocycles. The fraction of sp³-hybridized carbons (Fsp3) is 0.286. The molecule has 2 amide bonds. The van der Waals surface area contributed by atoms with E-state index in [9.17, 15) is 18.8 Å². The van der Waals surface area contributed by atoms with Crippen LogP contribution in [0.2, 0.25) is 0 Å². The van der Waals surface area contributed by atoms with Crippen molar-refractivity contribution in [3.8, 4) is 0 Å². The Hall–Kier alpha value is -3.26. The molecule has 1 atom stereocenters. The molecule has 0 aromatic heterocycles. The zero-order valence-corrected chi connectivity index (χ0v) is 16.0. The third kappa shape index (κ3) is 5.39. The van der Waals surface area contributed by atoms with E-state index in [0.717, 1.165) is 11.1 Å². The van der Waals surface area contributed by atoms with Crippen molar-refractivity contribution in [3.05, 3.63) is 65.5 Å². The van der Waals surface area contributed by atoms with Crippen LogP contribution in [0.15, 0.2) is 48.5 Å². The summed E-state index contributed by atoms with van der Waals surface area (Å²) < 4.78 is 17.8. The average molecular weight is 399 g/mol. The van der Waals surface area contributed by atoms with Gasteiger partial charge in [0, 0.05) is 12.2 Å². The van der Waals surface area contributed by atoms with Gasteiger partial charge in [-0.3, -0.25) is 19.3 Å². The van der Waals surface area contributed by atoms with Crippen molar-refractivity contribution in [2.75, 3.05) is 25.5 Å². The maximum Gasteiger partial charge on any atom is 0.323 e. The molecule has 0 saturated heterocycles. The second-order valence-electron chi connectivity index (χ2n) is 6.75. The van der Waals surface area contributed by atoms with Crippen molar-refractivity contribution in [1.29, 1.82) is 0 Å². The number of anilines is 1. The molecule has 1 heterocycles. The highest BCUT2D eigenvalue weighted by Gasteiger charge is 2.33. The predicted molar refractivity (Wildman–Crippen MR) is 104 cm³/mol. The first-order valence-corrected chi connectivity index (χ1v) is 9.17. The number of nitrogens with zero attached hydrogens (tertiary/aromatic N) is 1. The van der Waals surface area contributed by atoms with Gasteiger partial charge in [-0.25, -0.2) is 4.39 Å². The lowest BCUT2D eigenvalue weighted by molar-refractivity contribution is -0.148. The van der Waals surface area contributed by atoms with Crippen LogP contribution >= 0.6 is 0 Å². The highest BCUT2D eigenvalue weighted by Crippen LogP contribution is 2.23. The first-order valence-electron chi connectivity index (χ1n) is 9.17. The summed E-state index contributed by atoms with van der Waals surface area (Å²) in [6.45, 7) is 0.159. The van der Waals surface area contributed by atoms with Crippen LogP contribution in [0, 0.1) is 5.82 Å². The number of hydrogen-bond donors (Lipinski definition) is 2. The molecular formula is C21H22FN3O4. The molecule has 2 aromatic carbocycles. The van der Waals surface area contributed by atoms with Crippen LogP contribution in [0.4, 0.5) is 10.1 Å². The second-order valence-corrected chi connectivity index (χ2v) is 6.75. The largest absolute Gasteiger partial charge is 0.468 e. The van der Waals surface area contributed by atoms with E-state index in [-0.39, 0.29) is 19.0 Å². The van der Waals surface area contributed by atoms with Crippen LogP contribution in [-0.4, -0.2) is 48.9 Å². The summed E-state index contributed by atoms with van der Waals surface area (Å²) in [6, 6.07) is 12.5. The van der Waals surface area contributed by atoms with Crippen molar-refractivity contribution in [2.45, 2.75) is 19.0 Å². The zero-order chi connectivity index (χ0) is 20.8. The number of hydrogen-bond acceptors (Lipinski definition) is 5. The molecule has 0 bridgehead atoms. The Morgan fingerprint density at radius 3 is 2.45 bits per heavy atom. The summed E-state index contributed by atoms with van der Waals surface area (Å²) in [5, 5.41) is 5.11. The van der Waals surface area contributed by atoms with E-state index in [1.165, 1.54) is 31.4 Å². The standard InChI is InChI=1S/C21H22FN3O4/c1-29-21(28)18-10-14-4-2-3-5-15(14)12-25(18)13-20(27)23-11-19(26)24-17-8-6-16(22)7-9-17/h2-9,18H,10-13H2,1H3,(H,23,27)(H,24,26)/t18-/m1/s1. The first kappa shape index (κ1) is 20.5. The predicted octanol–water partition coefficient (Wildman–Crippen LogP) is 1.48. The van der Waals surface area contributed by atoms with E-state index in [2.05, 4.69) is 10.6 Å². The minimum atomic E-state index is -0.561. The minimum absolute atomic E-state index is 0.0437. The Kier molecular flexibility index (Phi) is 6.56. The van der Waals surface area contributed by atoms with Crippen LogP contribution in [0.3, 0.4) is 0 Å². The van der Waals surface area contributed by atoms with Crippen molar-refractivity contribution in [2.24, 2.45) is 0 Å². The van der Waals surface area contributed by atoms with Crippen LogP contribution in [-0.2, 0) is 32.1 Å². The lowest BCUT2D eigenvalue weighted by Crippen LogP contribution is -2.50. The van der Waals surface area contributed by atoms with Crippen molar-refractivity contribution in [1.82, 2.24) is 10.2 Å². The number of carbonyl (C=O) groups excluding carboxylic acids is 3. The molecule has 0 spiro atoms. The van der Waals surface area contributed by atoms with Gasteiger partial charge in [0.25, 0.3) is 0 Å². The summed E-state index contributed by atoms with van der Waals surface area (Å²) in [5.41, 5.74) is 2.54. The van der Waals surface area contributed by atoms with E-state index in [0.29, 0.717) is 18.7 Å². The Morgan fingerprint density at radius 1 is 1.07 bits per heavy atom. The lowest BCUT2D eigenvalue weighted by atomic mass is 9.94. The number of ether oxygens (including phenoxy) is 1. The minimum Gasteiger partial charge on any atom is -0.468 e. The van der Waals surface area contributed by atoms with E-state index in [1.54, 1.807) is 4.90 Å². The molecule has 2 aromatic rings. The van der Waals surface area contributed by atoms with Gasteiger partial charge in [-0.05, 0) is 41.8 Å². The van der Waals surface area contributed by atoms with Crippen LogP contribution in [0.25, 0.3) is 0 Å². The number of halogens is 1. The van der Waals surface area contributed by atoms with Gasteiger partial charge in [-0.1, -0.05) is 24.3 Å². The van der Waals surface area contributed by atoms with Gasteiger partial charge >= 0.3 is 5.97 Å². The molecule has 8 heteroatoms. The zero-order valence-electron chi connectivity index (χ0n) is 16.0. The third-order valence-corrected chi connectivity index (χ3v) is 4.74. The number of rotatable bonds is 6. The number of nitrogens with one attached hydrogen (secondary N) is 2. The van der Waals surface area contributed by atoms with Crippen LogP contribution in [0.5, 0.6) is 0 Å². The van der Waals surface area contributed by atoms with E-state index >= 15 is 0 Å². The van der Waals surface area contributed by atoms with Crippen LogP contribution < -0.4 is 10.6 Å². The average Bonchev–Trinajstić information content (AvgIpc) is 2.73. The van der Waals surface area contributed by atoms with Gasteiger partial charge in [0.05, 0.1) is 20.2 Å². The summed E-state index contributed by atoms with van der Waals surface area (Å²) >= 11 is 0. The van der Waals surface area contributed by atoms with Gasteiger partial charge in [-0.15, -0.1) is 0 Å². The molecule has 0 saturated carbocycles. The van der Waals surface area contributed by atoms with E-state index in [4.69, 9.17) is 4.74 Å². The fourth-order valence-corrected chi connectivity index (χ4v) is 3.27. The molecule has 0 radical (unpaired) electrons. The highest BCUT2D eigenvalue weighted by molar-refractivity contribution is 5.94. The Morgan fingerprint density at radius 2 is 1.76 bits per heavy atom. The summed E-state index contributed by atoms with van der Waals surface area (Å²) in [5.74, 6) is -1.62. The smallest absolute Gasteiger partial charge is 0.323 e. The number of amides is 2. The quantitative estimate of drug-likeness (QED) is 0.719. The molecule has 0 fully saturated rings. The molecule has 29 heavy (non-hydrogen) atoms. The number of fused-ring (bicyclic) bond motifs is 1. The Balaban J connectivity index is 1.56. The molecule has 0 unspecified atom stereocenters. The van der Waals surface area contributed by atoms with E-state index in [1.807, 2.05) is 24.3 Å². The molecule has 1 aliphatic heterocycles. The number of methoxy groups -OCH3 is 1. The molecule has 7 nitrogen and oxygen atoms in total. The maximum atomic E-state index is 12.9. The van der Waals surface area contributed by atoms with Crippen LogP contribution in [0.1, 0.15) is 11.1 Å². The van der Waals surface area contributed by atoms with Crippen molar-refractivity contribution >= 4 is 23.5 Å². The fourth-order valence-electron chi connectivity index (χ4n) is 3.27. The van der Waals surface area contributed by atoms with Gasteiger partial charge in [0.15, 0.2) is 0 Å². The number of benzene rings is 2. The molecule has 2 N–H and O–H groups in total. The first-order chi connectivity index (χ1) is 14.0. The van der Waals surface area contributed by atoms with Crippen molar-refractivity contribution in [3.63, 3.8) is 0 Å². The second kappa shape index (κ2) is 9.29. The monoisotopic (exact) mass is 399 g/mol. The topological polar surface area (TPSA) is 87.7 Å². The number of carbonyl (C=O) groups is 3. The van der Waals surface area contributed by atoms with Gasteiger partial charge in [-0.2, -0.15) is 0 Å². The molecule has 3 rings (SSSR count). The normalized spacial score (nSPS) is 15.9. The lowest BCUT2D eigenvalue weighted by Gasteiger charge is -2.34. The highest BCUT2D eigenvalue weighted by atomic mass is 19.1. The SMILES string of the molecule is COC(=O)[C@H]1Cc2ccccc2CN1CC(=O)NCC(=O)Nc1ccc(F)cc1. The maximum absolute atomic E-state index is 12.9. The van der Waals surface area contributed by atoms with Gasteiger partial charge in [0.2, 0.25) is 11.8 Å². The van der Waals surface area contributed by atoms with Gasteiger partial charge in [0.1, 0.15) is 11.9 Å². The summed E-state index contributed by atoms with van der Waals surface area (Å²) in [4.78, 5) is 38.2. The van der Waals surface area contributed by atoms with E-state index < -0.39 is 23.7 Å². The summed E-state index contributed by atoms with van der Waals surface area (Å²) in [7, 11) is 1.32. The third-order valence-electron chi connectivity index (χ3n) is 4.74. The Bertz CT molecular complexity index is 901. The van der Waals surface area contributed by atoms with Gasteiger partial charge < -0.3 is 15.4 Å². The molecular weight excluding hydrogens is 377 g/mol. The molecule has 152 valence electrons. The molecule has 1 aliphatic rings. The summed E-state index contributed by atoms with van der Waals surface area (Å²) in [6.07, 6.45) is 0.460.